The van der Waals surface area contributed by atoms with Gasteiger partial charge in [0.1, 0.15) is 12.3 Å². The summed E-state index contributed by atoms with van der Waals surface area (Å²) in [7, 11) is 0. The summed E-state index contributed by atoms with van der Waals surface area (Å²) in [6.45, 7) is 5.35. The zero-order valence-electron chi connectivity index (χ0n) is 18.2. The number of para-hydroxylation sites is 1. The Morgan fingerprint density at radius 2 is 1.82 bits per heavy atom. The molecule has 0 bridgehead atoms. The average molecular weight is 440 g/mol. The summed E-state index contributed by atoms with van der Waals surface area (Å²) >= 11 is 0. The minimum Gasteiger partial charge on any atom is -0.363 e. The third-order valence-electron chi connectivity index (χ3n) is 5.20. The molecule has 0 saturated carbocycles. The zero-order chi connectivity index (χ0) is 23.5. The van der Waals surface area contributed by atoms with Crippen LogP contribution in [0.1, 0.15) is 43.2 Å². The van der Waals surface area contributed by atoms with E-state index in [-0.39, 0.29) is 11.8 Å². The molecule has 2 heterocycles. The van der Waals surface area contributed by atoms with Crippen LogP contribution in [0.15, 0.2) is 59.3 Å². The lowest BCUT2D eigenvalue weighted by Crippen LogP contribution is -2.17. The fraction of sp³-hybridized carbons (Fsp3) is 0.125. The monoisotopic (exact) mass is 440 g/mol. The predicted molar refractivity (Wildman–Crippen MR) is 121 cm³/mol. The van der Waals surface area contributed by atoms with Crippen molar-refractivity contribution in [3.63, 3.8) is 0 Å². The molecule has 0 fully saturated rings. The summed E-state index contributed by atoms with van der Waals surface area (Å²) in [4.78, 5) is 25.7. The number of nitrogens with one attached hydrogen (secondary N) is 2. The average Bonchev–Trinajstić information content (AvgIpc) is 3.42. The molecule has 4 rings (SSSR count). The van der Waals surface area contributed by atoms with Gasteiger partial charge in [0.15, 0.2) is 5.82 Å². The van der Waals surface area contributed by atoms with Crippen LogP contribution in [0.25, 0.3) is 5.69 Å². The highest BCUT2D eigenvalue weighted by Gasteiger charge is 2.21. The number of hydrogen-bond donors (Lipinski definition) is 2. The second-order valence-corrected chi connectivity index (χ2v) is 7.41. The molecular formula is C24H20N6O3. The van der Waals surface area contributed by atoms with E-state index in [0.717, 1.165) is 5.56 Å². The van der Waals surface area contributed by atoms with Crippen LogP contribution in [-0.2, 0) is 0 Å². The lowest BCUT2D eigenvalue weighted by atomic mass is 10.1. The summed E-state index contributed by atoms with van der Waals surface area (Å²) in [5.41, 5.74) is 4.22. The Balaban J connectivity index is 1.62. The normalized spacial score (nSPS) is 10.5. The van der Waals surface area contributed by atoms with Gasteiger partial charge in [0.2, 0.25) is 0 Å². The maximum atomic E-state index is 13.2. The third-order valence-corrected chi connectivity index (χ3v) is 5.20. The minimum absolute atomic E-state index is 0.294. The highest BCUT2D eigenvalue weighted by atomic mass is 16.5. The van der Waals surface area contributed by atoms with Crippen LogP contribution >= 0.6 is 0 Å². The molecule has 0 aliphatic carbocycles. The van der Waals surface area contributed by atoms with Gasteiger partial charge in [-0.25, -0.2) is 4.68 Å². The second-order valence-electron chi connectivity index (χ2n) is 7.41. The summed E-state index contributed by atoms with van der Waals surface area (Å²) in [6, 6.07) is 15.8. The zero-order valence-corrected chi connectivity index (χ0v) is 18.2. The van der Waals surface area contributed by atoms with Crippen molar-refractivity contribution in [3.8, 4) is 11.8 Å². The Bertz CT molecular complexity index is 1400. The van der Waals surface area contributed by atoms with E-state index in [1.54, 1.807) is 54.9 Å². The van der Waals surface area contributed by atoms with Gasteiger partial charge in [-0.15, -0.1) is 0 Å². The molecule has 4 aromatic rings. The SMILES string of the molecule is Cc1ccc(C(=O)Nc2ccon2)cc1NC(=O)c1c(C)nn(-c2ccccc2C#N)c1C. The van der Waals surface area contributed by atoms with Crippen LogP contribution in [0, 0.1) is 32.1 Å². The van der Waals surface area contributed by atoms with Gasteiger partial charge in [0.25, 0.3) is 11.8 Å². The molecule has 9 heteroatoms. The van der Waals surface area contributed by atoms with E-state index >= 15 is 0 Å². The number of amides is 2. The number of benzene rings is 2. The number of anilines is 2. The van der Waals surface area contributed by atoms with Crippen LogP contribution in [0.3, 0.4) is 0 Å². The van der Waals surface area contributed by atoms with Gasteiger partial charge in [-0.2, -0.15) is 10.4 Å². The Morgan fingerprint density at radius 3 is 2.55 bits per heavy atom. The lowest BCUT2D eigenvalue weighted by molar-refractivity contribution is 0.101. The van der Waals surface area contributed by atoms with E-state index in [1.165, 1.54) is 12.3 Å². The maximum absolute atomic E-state index is 13.2. The fourth-order valence-electron chi connectivity index (χ4n) is 3.51. The number of carbonyl (C=O) groups is 2. The second kappa shape index (κ2) is 8.80. The van der Waals surface area contributed by atoms with Gasteiger partial charge in [-0.3, -0.25) is 9.59 Å². The molecule has 0 aliphatic rings. The quantitative estimate of drug-likeness (QED) is 0.480. The molecule has 0 spiro atoms. The Hall–Kier alpha value is -4.71. The highest BCUT2D eigenvalue weighted by molar-refractivity contribution is 6.08. The number of nitrogens with zero attached hydrogens (tertiary/aromatic N) is 4. The van der Waals surface area contributed by atoms with Crippen LogP contribution < -0.4 is 10.6 Å². The van der Waals surface area contributed by atoms with Crippen LogP contribution in [-0.4, -0.2) is 26.8 Å². The van der Waals surface area contributed by atoms with Crippen molar-refractivity contribution in [2.45, 2.75) is 20.8 Å². The molecule has 164 valence electrons. The molecule has 0 unspecified atom stereocenters. The van der Waals surface area contributed by atoms with E-state index in [9.17, 15) is 14.9 Å². The molecule has 9 nitrogen and oxygen atoms in total. The fourth-order valence-corrected chi connectivity index (χ4v) is 3.51. The van der Waals surface area contributed by atoms with Crippen molar-refractivity contribution in [2.24, 2.45) is 0 Å². The first-order valence-electron chi connectivity index (χ1n) is 10.1. The number of hydrogen-bond acceptors (Lipinski definition) is 6. The molecule has 33 heavy (non-hydrogen) atoms. The first-order chi connectivity index (χ1) is 15.9. The van der Waals surface area contributed by atoms with E-state index in [4.69, 9.17) is 4.52 Å². The third kappa shape index (κ3) is 4.22. The van der Waals surface area contributed by atoms with Crippen molar-refractivity contribution >= 4 is 23.3 Å². The summed E-state index contributed by atoms with van der Waals surface area (Å²) in [5, 5.41) is 23.1. The van der Waals surface area contributed by atoms with Crippen molar-refractivity contribution in [2.75, 3.05) is 10.6 Å². The summed E-state index contributed by atoms with van der Waals surface area (Å²) < 4.78 is 6.31. The Morgan fingerprint density at radius 1 is 1.03 bits per heavy atom. The van der Waals surface area contributed by atoms with Crippen LogP contribution in [0.5, 0.6) is 0 Å². The van der Waals surface area contributed by atoms with Gasteiger partial charge in [-0.05, 0) is 50.6 Å². The minimum atomic E-state index is -0.382. The van der Waals surface area contributed by atoms with E-state index in [0.29, 0.717) is 45.3 Å². The van der Waals surface area contributed by atoms with E-state index in [2.05, 4.69) is 27.0 Å². The van der Waals surface area contributed by atoms with E-state index in [1.807, 2.05) is 13.0 Å². The lowest BCUT2D eigenvalue weighted by Gasteiger charge is -2.11. The van der Waals surface area contributed by atoms with Gasteiger partial charge >= 0.3 is 0 Å². The molecule has 2 aromatic heterocycles. The first-order valence-corrected chi connectivity index (χ1v) is 10.1. The predicted octanol–water partition coefficient (Wildman–Crippen LogP) is 4.16. The van der Waals surface area contributed by atoms with Crippen molar-refractivity contribution in [3.05, 3.63) is 88.4 Å². The van der Waals surface area contributed by atoms with Crippen molar-refractivity contribution in [1.29, 1.82) is 5.26 Å². The highest BCUT2D eigenvalue weighted by Crippen LogP contribution is 2.23. The molecule has 2 amide bonds. The number of carbonyl (C=O) groups excluding carboxylic acids is 2. The number of nitriles is 1. The van der Waals surface area contributed by atoms with E-state index < -0.39 is 0 Å². The Labute approximate surface area is 189 Å². The smallest absolute Gasteiger partial charge is 0.259 e. The molecule has 0 saturated heterocycles. The van der Waals surface area contributed by atoms with Crippen molar-refractivity contribution in [1.82, 2.24) is 14.9 Å². The standard InChI is InChI=1S/C24H20N6O3/c1-14-8-9-17(23(31)27-21-10-11-33-29-21)12-19(14)26-24(32)22-15(2)28-30(16(22)3)20-7-5-4-6-18(20)13-25/h4-12H,1-3H3,(H,26,32)(H,27,29,31). The maximum Gasteiger partial charge on any atom is 0.259 e. The summed E-state index contributed by atoms with van der Waals surface area (Å²) in [5.74, 6) is -0.446. The molecule has 0 aliphatic heterocycles. The molecule has 0 radical (unpaired) electrons. The first kappa shape index (κ1) is 21.5. The Kier molecular flexibility index (Phi) is 5.74. The largest absolute Gasteiger partial charge is 0.363 e. The van der Waals surface area contributed by atoms with Gasteiger partial charge in [0.05, 0.1) is 28.2 Å². The topological polar surface area (TPSA) is 126 Å². The number of aryl methyl sites for hydroxylation is 2. The van der Waals surface area contributed by atoms with Crippen molar-refractivity contribution < 1.29 is 14.1 Å². The molecular weight excluding hydrogens is 420 g/mol. The van der Waals surface area contributed by atoms with Gasteiger partial charge < -0.3 is 15.2 Å². The molecule has 0 atom stereocenters. The molecule has 2 N–H and O–H groups in total. The molecule has 2 aromatic carbocycles. The van der Waals surface area contributed by atoms with Crippen LogP contribution in [0.4, 0.5) is 11.5 Å². The number of aromatic nitrogens is 3. The van der Waals surface area contributed by atoms with Crippen LogP contribution in [0.2, 0.25) is 0 Å². The number of rotatable bonds is 5. The summed E-state index contributed by atoms with van der Waals surface area (Å²) in [6.07, 6.45) is 1.36. The van der Waals surface area contributed by atoms with Gasteiger partial charge in [0, 0.05) is 17.3 Å². The van der Waals surface area contributed by atoms with Gasteiger partial charge in [-0.1, -0.05) is 23.4 Å².